The highest BCUT2D eigenvalue weighted by atomic mass is 19.1. The monoisotopic (exact) mass is 344 g/mol. The lowest BCUT2D eigenvalue weighted by molar-refractivity contribution is 0.0944. The Hall–Kier alpha value is -2.83. The molecule has 0 radical (unpaired) electrons. The molecule has 6 nitrogen and oxygen atoms in total. The van der Waals surface area contributed by atoms with Gasteiger partial charge in [0.25, 0.3) is 5.91 Å². The van der Waals surface area contributed by atoms with Crippen LogP contribution in [0, 0.1) is 19.7 Å². The Morgan fingerprint density at radius 2 is 2.16 bits per heavy atom. The molecule has 2 rings (SSSR count). The van der Waals surface area contributed by atoms with Crippen LogP contribution in [0.2, 0.25) is 0 Å². The molecular formula is C18H21FN4O2. The zero-order valence-corrected chi connectivity index (χ0v) is 14.7. The van der Waals surface area contributed by atoms with E-state index < -0.39 is 6.04 Å². The number of amides is 1. The van der Waals surface area contributed by atoms with E-state index in [-0.39, 0.29) is 18.3 Å². The van der Waals surface area contributed by atoms with Crippen LogP contribution in [0.3, 0.4) is 0 Å². The molecule has 1 atom stereocenters. The number of hydrogen-bond acceptors (Lipinski definition) is 5. The molecule has 0 bridgehead atoms. The zero-order valence-electron chi connectivity index (χ0n) is 14.7. The van der Waals surface area contributed by atoms with Gasteiger partial charge in [0, 0.05) is 6.20 Å². The predicted octanol–water partition coefficient (Wildman–Crippen LogP) is 2.60. The Bertz CT molecular complexity index is 792. The third kappa shape index (κ3) is 5.07. The lowest BCUT2D eigenvalue weighted by Crippen LogP contribution is -2.39. The topological polar surface area (TPSA) is 76.5 Å². The van der Waals surface area contributed by atoms with Crippen molar-refractivity contribution in [3.05, 3.63) is 58.9 Å². The standard InChI is InChI=1S/C18H21FN4O2/c1-11-16(10-20-13(3)22-11)17(24)23-12(2)18(25-4)21-9-14-6-5-7-15(19)8-14/h5-8,10,12H,9H2,1-4H3,(H,23,24). The first-order chi connectivity index (χ1) is 11.9. The van der Waals surface area contributed by atoms with Crippen LogP contribution in [0.5, 0.6) is 0 Å². The van der Waals surface area contributed by atoms with Crippen molar-refractivity contribution in [3.63, 3.8) is 0 Å². The van der Waals surface area contributed by atoms with E-state index in [2.05, 4.69) is 20.3 Å². The van der Waals surface area contributed by atoms with Crippen molar-refractivity contribution in [2.24, 2.45) is 4.99 Å². The molecule has 132 valence electrons. The highest BCUT2D eigenvalue weighted by Gasteiger charge is 2.17. The normalized spacial score (nSPS) is 12.6. The maximum absolute atomic E-state index is 13.2. The van der Waals surface area contributed by atoms with Gasteiger partial charge in [-0.15, -0.1) is 0 Å². The number of hydrogen-bond donors (Lipinski definition) is 1. The number of nitrogens with zero attached hydrogens (tertiary/aromatic N) is 3. The Kier molecular flexibility index (Phi) is 6.16. The number of aryl methyl sites for hydroxylation is 2. The highest BCUT2D eigenvalue weighted by molar-refractivity contribution is 5.97. The summed E-state index contributed by atoms with van der Waals surface area (Å²) in [5.41, 5.74) is 1.72. The summed E-state index contributed by atoms with van der Waals surface area (Å²) in [6.45, 7) is 5.53. The number of aliphatic imine (C=N–C) groups is 1. The van der Waals surface area contributed by atoms with Gasteiger partial charge in [0.1, 0.15) is 17.7 Å². The van der Waals surface area contributed by atoms with E-state index in [4.69, 9.17) is 4.74 Å². The SMILES string of the molecule is COC(=NCc1cccc(F)c1)C(C)NC(=O)c1cnc(C)nc1C. The first-order valence-corrected chi connectivity index (χ1v) is 7.84. The number of methoxy groups -OCH3 is 1. The highest BCUT2D eigenvalue weighted by Crippen LogP contribution is 2.07. The summed E-state index contributed by atoms with van der Waals surface area (Å²) >= 11 is 0. The van der Waals surface area contributed by atoms with E-state index in [0.717, 1.165) is 5.56 Å². The van der Waals surface area contributed by atoms with Crippen LogP contribution in [0.25, 0.3) is 0 Å². The second-order valence-corrected chi connectivity index (χ2v) is 5.60. The van der Waals surface area contributed by atoms with Crippen LogP contribution in [0.4, 0.5) is 4.39 Å². The van der Waals surface area contributed by atoms with Gasteiger partial charge in [-0.25, -0.2) is 19.4 Å². The Balaban J connectivity index is 2.07. The minimum atomic E-state index is -0.452. The van der Waals surface area contributed by atoms with Gasteiger partial charge in [-0.2, -0.15) is 0 Å². The quantitative estimate of drug-likeness (QED) is 0.668. The van der Waals surface area contributed by atoms with Crippen LogP contribution in [0.15, 0.2) is 35.5 Å². The number of nitrogens with one attached hydrogen (secondary N) is 1. The molecule has 1 unspecified atom stereocenters. The Morgan fingerprint density at radius 1 is 1.40 bits per heavy atom. The van der Waals surface area contributed by atoms with Gasteiger partial charge in [-0.05, 0) is 38.5 Å². The molecule has 0 fully saturated rings. The van der Waals surface area contributed by atoms with Crippen molar-refractivity contribution >= 4 is 11.8 Å². The average Bonchev–Trinajstić information content (AvgIpc) is 2.55. The van der Waals surface area contributed by atoms with E-state index in [1.54, 1.807) is 32.9 Å². The molecular weight excluding hydrogens is 323 g/mol. The van der Waals surface area contributed by atoms with Gasteiger partial charge < -0.3 is 10.1 Å². The van der Waals surface area contributed by atoms with Crippen LogP contribution in [-0.4, -0.2) is 34.9 Å². The fraction of sp³-hybridized carbons (Fsp3) is 0.333. The molecule has 0 aliphatic carbocycles. The number of ether oxygens (including phenoxy) is 1. The first-order valence-electron chi connectivity index (χ1n) is 7.84. The van der Waals surface area contributed by atoms with E-state index in [1.165, 1.54) is 25.4 Å². The van der Waals surface area contributed by atoms with E-state index in [1.807, 2.05) is 0 Å². The van der Waals surface area contributed by atoms with Crippen molar-refractivity contribution in [1.29, 1.82) is 0 Å². The number of carbonyl (C=O) groups excluding carboxylic acids is 1. The fourth-order valence-electron chi connectivity index (χ4n) is 2.33. The zero-order chi connectivity index (χ0) is 18.4. The largest absolute Gasteiger partial charge is 0.483 e. The molecule has 0 saturated heterocycles. The summed E-state index contributed by atoms with van der Waals surface area (Å²) < 4.78 is 18.5. The molecule has 2 aromatic rings. The van der Waals surface area contributed by atoms with Crippen molar-refractivity contribution in [3.8, 4) is 0 Å². The summed E-state index contributed by atoms with van der Waals surface area (Å²) in [6, 6.07) is 5.73. The molecule has 1 aromatic carbocycles. The molecule has 25 heavy (non-hydrogen) atoms. The van der Waals surface area contributed by atoms with Crippen LogP contribution >= 0.6 is 0 Å². The average molecular weight is 344 g/mol. The van der Waals surface area contributed by atoms with E-state index in [0.29, 0.717) is 23.0 Å². The Morgan fingerprint density at radius 3 is 2.80 bits per heavy atom. The van der Waals surface area contributed by atoms with Crippen molar-refractivity contribution < 1.29 is 13.9 Å². The molecule has 0 aliphatic rings. The number of halogens is 1. The lowest BCUT2D eigenvalue weighted by Gasteiger charge is -2.16. The molecule has 7 heteroatoms. The maximum Gasteiger partial charge on any atom is 0.255 e. The summed E-state index contributed by atoms with van der Waals surface area (Å²) in [5.74, 6) is 0.336. The molecule has 0 saturated carbocycles. The van der Waals surface area contributed by atoms with Crippen LogP contribution < -0.4 is 5.32 Å². The van der Waals surface area contributed by atoms with Gasteiger partial charge in [0.05, 0.1) is 24.9 Å². The summed E-state index contributed by atoms with van der Waals surface area (Å²) in [5, 5.41) is 2.81. The third-order valence-corrected chi connectivity index (χ3v) is 3.58. The smallest absolute Gasteiger partial charge is 0.255 e. The van der Waals surface area contributed by atoms with Gasteiger partial charge in [-0.3, -0.25) is 4.79 Å². The lowest BCUT2D eigenvalue weighted by atomic mass is 10.2. The molecule has 1 heterocycles. The van der Waals surface area contributed by atoms with Gasteiger partial charge in [-0.1, -0.05) is 12.1 Å². The van der Waals surface area contributed by atoms with Gasteiger partial charge in [0.2, 0.25) is 5.90 Å². The second-order valence-electron chi connectivity index (χ2n) is 5.60. The summed E-state index contributed by atoms with van der Waals surface area (Å²) in [6.07, 6.45) is 1.50. The molecule has 0 aliphatic heterocycles. The number of rotatable bonds is 5. The number of benzene rings is 1. The van der Waals surface area contributed by atoms with Crippen LogP contribution in [0.1, 0.15) is 34.4 Å². The Labute approximate surface area is 146 Å². The maximum atomic E-state index is 13.2. The minimum absolute atomic E-state index is 0.258. The molecule has 1 N–H and O–H groups in total. The molecule has 0 spiro atoms. The van der Waals surface area contributed by atoms with Gasteiger partial charge >= 0.3 is 0 Å². The predicted molar refractivity (Wildman–Crippen MR) is 93.0 cm³/mol. The van der Waals surface area contributed by atoms with Crippen molar-refractivity contribution in [2.75, 3.05) is 7.11 Å². The number of carbonyl (C=O) groups is 1. The second kappa shape index (κ2) is 8.32. The third-order valence-electron chi connectivity index (χ3n) is 3.58. The van der Waals surface area contributed by atoms with E-state index >= 15 is 0 Å². The van der Waals surface area contributed by atoms with E-state index in [9.17, 15) is 9.18 Å². The van der Waals surface area contributed by atoms with Crippen molar-refractivity contribution in [1.82, 2.24) is 15.3 Å². The van der Waals surface area contributed by atoms with Crippen molar-refractivity contribution in [2.45, 2.75) is 33.4 Å². The van der Waals surface area contributed by atoms with Gasteiger partial charge in [0.15, 0.2) is 0 Å². The molecule has 1 amide bonds. The summed E-state index contributed by atoms with van der Waals surface area (Å²) in [4.78, 5) is 24.9. The summed E-state index contributed by atoms with van der Waals surface area (Å²) in [7, 11) is 1.48. The van der Waals surface area contributed by atoms with Crippen LogP contribution in [-0.2, 0) is 11.3 Å². The number of aromatic nitrogens is 2. The minimum Gasteiger partial charge on any atom is -0.483 e. The fourth-order valence-corrected chi connectivity index (χ4v) is 2.33. The molecule has 1 aromatic heterocycles. The first kappa shape index (κ1) is 18.5.